The molecule has 0 spiro atoms. The molecule has 0 saturated carbocycles. The van der Waals surface area contributed by atoms with Gasteiger partial charge in [0.25, 0.3) is 0 Å². The van der Waals surface area contributed by atoms with E-state index in [2.05, 4.69) is 35.1 Å². The highest BCUT2D eigenvalue weighted by Crippen LogP contribution is 2.06. The van der Waals surface area contributed by atoms with Crippen LogP contribution >= 0.6 is 0 Å². The van der Waals surface area contributed by atoms with Crippen LogP contribution in [0, 0.1) is 13.8 Å². The Labute approximate surface area is 116 Å². The van der Waals surface area contributed by atoms with Crippen molar-refractivity contribution in [3.05, 3.63) is 29.1 Å². The third-order valence-corrected chi connectivity index (χ3v) is 3.69. The molecule has 0 bridgehead atoms. The molecule has 0 radical (unpaired) electrons. The van der Waals surface area contributed by atoms with Crippen LogP contribution in [0.3, 0.4) is 0 Å². The standard InChI is InChI=1S/C15H25N3O/c1-12-8-15(10-17-14(12)3)9-16-13(2)11-18-4-6-19-7-5-18/h8,10,13,16H,4-7,9,11H2,1-3H3/t13-/m1/s1. The third kappa shape index (κ3) is 4.56. The molecule has 0 aromatic carbocycles. The maximum Gasteiger partial charge on any atom is 0.0594 e. The Bertz CT molecular complexity index is 402. The van der Waals surface area contributed by atoms with Gasteiger partial charge in [0.05, 0.1) is 13.2 Å². The molecular formula is C15H25N3O. The van der Waals surface area contributed by atoms with Gasteiger partial charge < -0.3 is 10.1 Å². The molecule has 106 valence electrons. The van der Waals surface area contributed by atoms with Gasteiger partial charge in [-0.1, -0.05) is 6.07 Å². The highest BCUT2D eigenvalue weighted by atomic mass is 16.5. The Hall–Kier alpha value is -0.970. The van der Waals surface area contributed by atoms with Crippen molar-refractivity contribution in [1.29, 1.82) is 0 Å². The van der Waals surface area contributed by atoms with Gasteiger partial charge >= 0.3 is 0 Å². The molecule has 19 heavy (non-hydrogen) atoms. The molecule has 1 aromatic heterocycles. The summed E-state index contributed by atoms with van der Waals surface area (Å²) in [5, 5.41) is 3.57. The number of aromatic nitrogens is 1. The number of hydrogen-bond acceptors (Lipinski definition) is 4. The monoisotopic (exact) mass is 263 g/mol. The smallest absolute Gasteiger partial charge is 0.0594 e. The number of ether oxygens (including phenoxy) is 1. The molecule has 1 atom stereocenters. The predicted octanol–water partition coefficient (Wildman–Crippen LogP) is 1.51. The van der Waals surface area contributed by atoms with Gasteiger partial charge in [-0.25, -0.2) is 0 Å². The van der Waals surface area contributed by atoms with Crippen molar-refractivity contribution in [2.75, 3.05) is 32.8 Å². The van der Waals surface area contributed by atoms with Gasteiger partial charge in [-0.2, -0.15) is 0 Å². The Balaban J connectivity index is 1.75. The molecule has 4 nitrogen and oxygen atoms in total. The normalized spacial score (nSPS) is 18.5. The van der Waals surface area contributed by atoms with E-state index in [-0.39, 0.29) is 0 Å². The van der Waals surface area contributed by atoms with Gasteiger partial charge in [-0.05, 0) is 31.9 Å². The SMILES string of the molecule is Cc1cc(CN[C@H](C)CN2CCOCC2)cnc1C. The van der Waals surface area contributed by atoms with E-state index in [4.69, 9.17) is 4.74 Å². The van der Waals surface area contributed by atoms with Crippen LogP contribution in [-0.2, 0) is 11.3 Å². The summed E-state index contributed by atoms with van der Waals surface area (Å²) in [6, 6.07) is 2.70. The Morgan fingerprint density at radius 1 is 1.37 bits per heavy atom. The average Bonchev–Trinajstić information content (AvgIpc) is 2.41. The van der Waals surface area contributed by atoms with Gasteiger partial charge in [-0.15, -0.1) is 0 Å². The fourth-order valence-electron chi connectivity index (χ4n) is 2.33. The maximum absolute atomic E-state index is 5.36. The zero-order chi connectivity index (χ0) is 13.7. The fourth-order valence-corrected chi connectivity index (χ4v) is 2.33. The number of pyridine rings is 1. The van der Waals surface area contributed by atoms with Crippen molar-refractivity contribution < 1.29 is 4.74 Å². The first-order valence-corrected chi connectivity index (χ1v) is 7.11. The Morgan fingerprint density at radius 3 is 2.79 bits per heavy atom. The summed E-state index contributed by atoms with van der Waals surface area (Å²) in [4.78, 5) is 6.86. The highest BCUT2D eigenvalue weighted by molar-refractivity contribution is 5.22. The minimum absolute atomic E-state index is 0.486. The minimum atomic E-state index is 0.486. The van der Waals surface area contributed by atoms with Crippen molar-refractivity contribution in [2.24, 2.45) is 0 Å². The predicted molar refractivity (Wildman–Crippen MR) is 77.3 cm³/mol. The number of rotatable bonds is 5. The Kier molecular flexibility index (Phi) is 5.31. The maximum atomic E-state index is 5.36. The summed E-state index contributed by atoms with van der Waals surface area (Å²) in [5.41, 5.74) is 3.64. The third-order valence-electron chi connectivity index (χ3n) is 3.69. The summed E-state index contributed by atoms with van der Waals surface area (Å²) in [6.07, 6.45) is 1.97. The minimum Gasteiger partial charge on any atom is -0.379 e. The number of nitrogens with one attached hydrogen (secondary N) is 1. The molecule has 1 aliphatic heterocycles. The molecule has 4 heteroatoms. The van der Waals surface area contributed by atoms with Crippen LogP contribution in [0.25, 0.3) is 0 Å². The van der Waals surface area contributed by atoms with Gasteiger partial charge in [-0.3, -0.25) is 9.88 Å². The van der Waals surface area contributed by atoms with Crippen molar-refractivity contribution in [1.82, 2.24) is 15.2 Å². The van der Waals surface area contributed by atoms with E-state index in [1.807, 2.05) is 13.1 Å². The van der Waals surface area contributed by atoms with Crippen LogP contribution in [0.4, 0.5) is 0 Å². The lowest BCUT2D eigenvalue weighted by Gasteiger charge is -2.29. The van der Waals surface area contributed by atoms with E-state index in [0.29, 0.717) is 6.04 Å². The summed E-state index contributed by atoms with van der Waals surface area (Å²) in [5.74, 6) is 0. The van der Waals surface area contributed by atoms with Crippen LogP contribution in [0.2, 0.25) is 0 Å². The first-order chi connectivity index (χ1) is 9.15. The number of aryl methyl sites for hydroxylation is 2. The summed E-state index contributed by atoms with van der Waals surface area (Å²) >= 11 is 0. The fraction of sp³-hybridized carbons (Fsp3) is 0.667. The lowest BCUT2D eigenvalue weighted by molar-refractivity contribution is 0.0343. The van der Waals surface area contributed by atoms with Crippen molar-refractivity contribution in [3.8, 4) is 0 Å². The molecule has 0 amide bonds. The van der Waals surface area contributed by atoms with Crippen molar-refractivity contribution in [2.45, 2.75) is 33.4 Å². The molecule has 1 saturated heterocycles. The van der Waals surface area contributed by atoms with Crippen LogP contribution < -0.4 is 5.32 Å². The average molecular weight is 263 g/mol. The van der Waals surface area contributed by atoms with E-state index >= 15 is 0 Å². The molecule has 2 rings (SSSR count). The largest absolute Gasteiger partial charge is 0.379 e. The Morgan fingerprint density at radius 2 is 2.11 bits per heavy atom. The zero-order valence-electron chi connectivity index (χ0n) is 12.3. The summed E-state index contributed by atoms with van der Waals surface area (Å²) in [6.45, 7) is 12.2. The van der Waals surface area contributed by atoms with Crippen molar-refractivity contribution in [3.63, 3.8) is 0 Å². The second kappa shape index (κ2) is 6.98. The molecule has 0 aliphatic carbocycles. The van der Waals surface area contributed by atoms with Crippen LogP contribution in [0.15, 0.2) is 12.3 Å². The van der Waals surface area contributed by atoms with E-state index in [1.165, 1.54) is 11.1 Å². The van der Waals surface area contributed by atoms with E-state index < -0.39 is 0 Å². The summed E-state index contributed by atoms with van der Waals surface area (Å²) < 4.78 is 5.36. The number of nitrogens with zero attached hydrogens (tertiary/aromatic N) is 2. The first-order valence-electron chi connectivity index (χ1n) is 7.11. The molecule has 1 aliphatic rings. The molecule has 1 fully saturated rings. The van der Waals surface area contributed by atoms with Gasteiger partial charge in [0.15, 0.2) is 0 Å². The van der Waals surface area contributed by atoms with Crippen LogP contribution in [0.5, 0.6) is 0 Å². The number of hydrogen-bond donors (Lipinski definition) is 1. The second-order valence-electron chi connectivity index (χ2n) is 5.44. The van der Waals surface area contributed by atoms with Crippen LogP contribution in [0.1, 0.15) is 23.7 Å². The molecule has 1 N–H and O–H groups in total. The quantitative estimate of drug-likeness (QED) is 0.874. The lowest BCUT2D eigenvalue weighted by Crippen LogP contribution is -2.44. The zero-order valence-corrected chi connectivity index (χ0v) is 12.3. The topological polar surface area (TPSA) is 37.4 Å². The molecule has 0 unspecified atom stereocenters. The highest BCUT2D eigenvalue weighted by Gasteiger charge is 2.13. The van der Waals surface area contributed by atoms with Crippen molar-refractivity contribution >= 4 is 0 Å². The molecule has 1 aromatic rings. The first kappa shape index (κ1) is 14.4. The second-order valence-corrected chi connectivity index (χ2v) is 5.44. The molecular weight excluding hydrogens is 238 g/mol. The number of morpholine rings is 1. The van der Waals surface area contributed by atoms with Gasteiger partial charge in [0.2, 0.25) is 0 Å². The van der Waals surface area contributed by atoms with E-state index in [9.17, 15) is 0 Å². The molecule has 2 heterocycles. The lowest BCUT2D eigenvalue weighted by atomic mass is 10.1. The van der Waals surface area contributed by atoms with E-state index in [0.717, 1.165) is 45.1 Å². The van der Waals surface area contributed by atoms with Gasteiger partial charge in [0.1, 0.15) is 0 Å². The summed E-state index contributed by atoms with van der Waals surface area (Å²) in [7, 11) is 0. The van der Waals surface area contributed by atoms with Gasteiger partial charge in [0, 0.05) is 44.1 Å². The van der Waals surface area contributed by atoms with Crippen LogP contribution in [-0.4, -0.2) is 48.8 Å². The van der Waals surface area contributed by atoms with E-state index in [1.54, 1.807) is 0 Å².